The number of H-pyrrole nitrogens is 1. The lowest BCUT2D eigenvalue weighted by Gasteiger charge is -2.55. The van der Waals surface area contributed by atoms with Crippen molar-refractivity contribution in [1.29, 1.82) is 0 Å². The van der Waals surface area contributed by atoms with E-state index in [1.54, 1.807) is 0 Å². The number of benzene rings is 2. The molecule has 11 rings (SSSR count). The normalized spacial score (nSPS) is 37.9. The van der Waals surface area contributed by atoms with E-state index in [2.05, 4.69) is 52.0 Å². The first kappa shape index (κ1) is 24.5. The van der Waals surface area contributed by atoms with Gasteiger partial charge in [-0.25, -0.2) is 4.98 Å². The van der Waals surface area contributed by atoms with Gasteiger partial charge < -0.3 is 15.6 Å². The Morgan fingerprint density at radius 2 is 1.37 bits per heavy atom. The largest absolute Gasteiger partial charge is 0.381 e. The van der Waals surface area contributed by atoms with Gasteiger partial charge in [-0.15, -0.1) is 0 Å². The summed E-state index contributed by atoms with van der Waals surface area (Å²) in [5.41, 5.74) is 5.28. The molecule has 3 N–H and O–H groups in total. The Hall–Kier alpha value is -3.08. The minimum absolute atomic E-state index is 0.124. The number of hydrogen-bond donors (Lipinski definition) is 3. The highest BCUT2D eigenvalue weighted by atomic mass is 16.2. The number of rotatable bonds is 6. The van der Waals surface area contributed by atoms with Gasteiger partial charge in [-0.2, -0.15) is 0 Å². The zero-order valence-corrected chi connectivity index (χ0v) is 23.9. The summed E-state index contributed by atoms with van der Waals surface area (Å²) >= 11 is 0. The molecule has 8 aliphatic rings. The molecule has 1 amide bonds. The number of nitrogens with zero attached hydrogens (tertiary/aromatic N) is 1. The molecule has 0 saturated heterocycles. The summed E-state index contributed by atoms with van der Waals surface area (Å²) in [6.45, 7) is 0. The summed E-state index contributed by atoms with van der Waals surface area (Å²) in [7, 11) is 0. The Bertz CT molecular complexity index is 1410. The van der Waals surface area contributed by atoms with Crippen molar-refractivity contribution in [3.05, 3.63) is 54.7 Å². The van der Waals surface area contributed by atoms with Gasteiger partial charge in [-0.3, -0.25) is 4.79 Å². The van der Waals surface area contributed by atoms with E-state index in [0.29, 0.717) is 6.04 Å². The topological polar surface area (TPSA) is 69.8 Å². The van der Waals surface area contributed by atoms with Crippen LogP contribution in [0.5, 0.6) is 0 Å². The zero-order valence-electron chi connectivity index (χ0n) is 23.9. The zero-order chi connectivity index (χ0) is 27.1. The fourth-order valence-corrected chi connectivity index (χ4v) is 11.2. The summed E-state index contributed by atoms with van der Waals surface area (Å²) in [5, 5.41) is 7.32. The molecule has 41 heavy (non-hydrogen) atoms. The smallest absolute Gasteiger partial charge is 0.230 e. The van der Waals surface area contributed by atoms with Crippen LogP contribution in [0.2, 0.25) is 0 Å². The van der Waals surface area contributed by atoms with Crippen LogP contribution in [0.1, 0.15) is 70.6 Å². The van der Waals surface area contributed by atoms with Crippen LogP contribution >= 0.6 is 0 Å². The lowest BCUT2D eigenvalue weighted by atomic mass is 9.49. The molecule has 0 spiro atoms. The first-order valence-corrected chi connectivity index (χ1v) is 16.4. The van der Waals surface area contributed by atoms with Crippen LogP contribution < -0.4 is 10.6 Å². The van der Waals surface area contributed by atoms with Crippen LogP contribution in [-0.2, 0) is 4.79 Å². The van der Waals surface area contributed by atoms with Crippen molar-refractivity contribution in [2.75, 3.05) is 10.6 Å². The van der Waals surface area contributed by atoms with E-state index in [-0.39, 0.29) is 11.3 Å². The van der Waals surface area contributed by atoms with Gasteiger partial charge in [0.1, 0.15) is 5.82 Å². The van der Waals surface area contributed by atoms with E-state index in [0.717, 1.165) is 83.5 Å². The molecule has 0 unspecified atom stereocenters. The molecule has 212 valence electrons. The van der Waals surface area contributed by atoms with Crippen molar-refractivity contribution >= 4 is 17.3 Å². The van der Waals surface area contributed by atoms with Crippen molar-refractivity contribution in [1.82, 2.24) is 9.97 Å². The van der Waals surface area contributed by atoms with E-state index < -0.39 is 0 Å². The molecule has 8 fully saturated rings. The van der Waals surface area contributed by atoms with Crippen molar-refractivity contribution < 1.29 is 4.79 Å². The second kappa shape index (κ2) is 9.21. The van der Waals surface area contributed by atoms with Gasteiger partial charge in [0.25, 0.3) is 0 Å². The Morgan fingerprint density at radius 1 is 0.756 bits per heavy atom. The second-order valence-electron chi connectivity index (χ2n) is 15.0. The summed E-state index contributed by atoms with van der Waals surface area (Å²) in [6, 6.07) is 17.6. The minimum Gasteiger partial charge on any atom is -0.381 e. The average Bonchev–Trinajstić information content (AvgIpc) is 3.45. The van der Waals surface area contributed by atoms with Crippen molar-refractivity contribution in [3.8, 4) is 22.6 Å². The van der Waals surface area contributed by atoms with Crippen LogP contribution in [0.15, 0.2) is 54.7 Å². The number of aromatic nitrogens is 2. The Balaban J connectivity index is 0.907. The van der Waals surface area contributed by atoms with E-state index in [9.17, 15) is 4.79 Å². The minimum atomic E-state index is -0.124. The molecule has 1 aromatic heterocycles. The highest BCUT2D eigenvalue weighted by Gasteiger charge is 2.54. The van der Waals surface area contributed by atoms with Gasteiger partial charge in [-0.05, 0) is 142 Å². The Kier molecular flexibility index (Phi) is 5.51. The standard InChI is InChI=1S/C36H42N4O/c41-35(36-17-23-10-24(18-36)12-25(11-23)19-36)38-29-7-5-26(6-8-29)34-37-20-32(40-34)30-3-1-2-4-31(30)39-33-27-13-21-9-22(15-27)16-28(33)14-21/h1-8,20-25,27-28,33,39H,9-19H2,(H,37,40)(H,38,41). The number of anilines is 2. The molecule has 8 saturated carbocycles. The maximum atomic E-state index is 13.5. The molecule has 8 aliphatic carbocycles. The van der Waals surface area contributed by atoms with Gasteiger partial charge in [0.05, 0.1) is 17.3 Å². The fourth-order valence-electron chi connectivity index (χ4n) is 11.2. The van der Waals surface area contributed by atoms with Crippen LogP contribution in [0.25, 0.3) is 22.6 Å². The molecule has 5 nitrogen and oxygen atoms in total. The summed E-state index contributed by atoms with van der Waals surface area (Å²) < 4.78 is 0. The quantitative estimate of drug-likeness (QED) is 0.292. The number of nitrogens with one attached hydrogen (secondary N) is 3. The van der Waals surface area contributed by atoms with E-state index >= 15 is 0 Å². The highest BCUT2D eigenvalue weighted by molar-refractivity contribution is 5.96. The molecule has 0 atom stereocenters. The number of para-hydroxylation sites is 1. The average molecular weight is 547 g/mol. The van der Waals surface area contributed by atoms with E-state index in [4.69, 9.17) is 4.98 Å². The van der Waals surface area contributed by atoms with E-state index in [1.165, 1.54) is 62.6 Å². The summed E-state index contributed by atoms with van der Waals surface area (Å²) in [5.74, 6) is 7.08. The van der Waals surface area contributed by atoms with Gasteiger partial charge in [0.2, 0.25) is 5.91 Å². The summed E-state index contributed by atoms with van der Waals surface area (Å²) in [6.07, 6.45) is 16.5. The molecule has 2 aromatic carbocycles. The fraction of sp³-hybridized carbons (Fsp3) is 0.556. The molecule has 0 aliphatic heterocycles. The molecular formula is C36H42N4O. The maximum Gasteiger partial charge on any atom is 0.230 e. The Morgan fingerprint density at radius 3 is 2.02 bits per heavy atom. The number of amides is 1. The number of imidazole rings is 1. The van der Waals surface area contributed by atoms with Crippen molar-refractivity contribution in [2.45, 2.75) is 76.7 Å². The monoisotopic (exact) mass is 546 g/mol. The maximum absolute atomic E-state index is 13.5. The molecule has 3 aromatic rings. The van der Waals surface area contributed by atoms with Gasteiger partial charge in [0.15, 0.2) is 0 Å². The number of aromatic amines is 1. The number of hydrogen-bond acceptors (Lipinski definition) is 3. The molecule has 1 heterocycles. The number of carbonyl (C=O) groups excluding carboxylic acids is 1. The van der Waals surface area contributed by atoms with Crippen LogP contribution in [0.4, 0.5) is 11.4 Å². The summed E-state index contributed by atoms with van der Waals surface area (Å²) in [4.78, 5) is 21.9. The van der Waals surface area contributed by atoms with Gasteiger partial charge >= 0.3 is 0 Å². The highest BCUT2D eigenvalue weighted by Crippen LogP contribution is 2.60. The van der Waals surface area contributed by atoms with E-state index in [1.807, 2.05) is 18.3 Å². The van der Waals surface area contributed by atoms with Gasteiger partial charge in [0, 0.05) is 28.5 Å². The SMILES string of the molecule is O=C(Nc1ccc(-c2ncc(-c3ccccc3NC3C4CC5CC(C4)CC3C5)[nH]2)cc1)C12CC3CC(CC(C3)C1)C2. The van der Waals surface area contributed by atoms with Crippen LogP contribution in [-0.4, -0.2) is 21.9 Å². The van der Waals surface area contributed by atoms with Crippen LogP contribution in [0, 0.1) is 46.8 Å². The molecule has 0 radical (unpaired) electrons. The molecular weight excluding hydrogens is 504 g/mol. The van der Waals surface area contributed by atoms with Crippen LogP contribution in [0.3, 0.4) is 0 Å². The van der Waals surface area contributed by atoms with Crippen molar-refractivity contribution in [2.24, 2.45) is 46.8 Å². The van der Waals surface area contributed by atoms with Crippen molar-refractivity contribution in [3.63, 3.8) is 0 Å². The lowest BCUT2D eigenvalue weighted by Crippen LogP contribution is -2.51. The predicted octanol–water partition coefficient (Wildman–Crippen LogP) is 8.14. The number of carbonyl (C=O) groups is 1. The van der Waals surface area contributed by atoms with Gasteiger partial charge in [-0.1, -0.05) is 18.2 Å². The Labute approximate surface area is 243 Å². The third-order valence-electron chi connectivity index (χ3n) is 12.3. The predicted molar refractivity (Wildman–Crippen MR) is 163 cm³/mol. The first-order valence-electron chi connectivity index (χ1n) is 16.4. The third-order valence-corrected chi connectivity index (χ3v) is 12.3. The molecule has 5 heteroatoms. The molecule has 8 bridgehead atoms. The third kappa shape index (κ3) is 4.17. The second-order valence-corrected chi connectivity index (χ2v) is 15.0. The lowest BCUT2D eigenvalue weighted by molar-refractivity contribution is -0.140. The first-order chi connectivity index (χ1) is 20.1.